The van der Waals surface area contributed by atoms with E-state index in [1.807, 2.05) is 59.5 Å². The molecule has 1 heterocycles. The molecule has 1 saturated heterocycles. The predicted molar refractivity (Wildman–Crippen MR) is 120 cm³/mol. The molecular weight excluding hydrogens is 398 g/mol. The summed E-state index contributed by atoms with van der Waals surface area (Å²) >= 11 is 6.10. The fourth-order valence-electron chi connectivity index (χ4n) is 3.57. The molecule has 0 unspecified atom stereocenters. The van der Waals surface area contributed by atoms with Crippen LogP contribution in [0.25, 0.3) is 0 Å². The van der Waals surface area contributed by atoms with Crippen LogP contribution in [0.2, 0.25) is 5.02 Å². The van der Waals surface area contributed by atoms with Crippen LogP contribution < -0.4 is 10.2 Å². The van der Waals surface area contributed by atoms with E-state index >= 15 is 0 Å². The molecular formula is C24H22ClN3O2. The number of nitrogens with zero attached hydrogens (tertiary/aromatic N) is 2. The summed E-state index contributed by atoms with van der Waals surface area (Å²) in [6.45, 7) is 2.66. The minimum atomic E-state index is -0.235. The zero-order valence-electron chi connectivity index (χ0n) is 16.4. The van der Waals surface area contributed by atoms with Crippen molar-refractivity contribution < 1.29 is 9.59 Å². The molecule has 30 heavy (non-hydrogen) atoms. The van der Waals surface area contributed by atoms with Crippen molar-refractivity contribution in [3.63, 3.8) is 0 Å². The van der Waals surface area contributed by atoms with E-state index in [1.54, 1.807) is 24.3 Å². The number of carbonyl (C=O) groups excluding carboxylic acids is 2. The molecule has 4 rings (SSSR count). The topological polar surface area (TPSA) is 52.7 Å². The van der Waals surface area contributed by atoms with Crippen LogP contribution in [-0.4, -0.2) is 42.9 Å². The van der Waals surface area contributed by atoms with Crippen molar-refractivity contribution in [2.45, 2.75) is 0 Å². The highest BCUT2D eigenvalue weighted by Crippen LogP contribution is 2.23. The third-order valence-corrected chi connectivity index (χ3v) is 5.42. The number of carbonyl (C=O) groups is 2. The van der Waals surface area contributed by atoms with Crippen molar-refractivity contribution >= 4 is 34.8 Å². The van der Waals surface area contributed by atoms with Crippen molar-refractivity contribution in [2.24, 2.45) is 0 Å². The summed E-state index contributed by atoms with van der Waals surface area (Å²) in [7, 11) is 0. The van der Waals surface area contributed by atoms with Crippen molar-refractivity contribution in [2.75, 3.05) is 36.4 Å². The van der Waals surface area contributed by atoms with Crippen LogP contribution in [0.1, 0.15) is 20.7 Å². The first-order valence-corrected chi connectivity index (χ1v) is 10.2. The Morgan fingerprint density at radius 3 is 2.23 bits per heavy atom. The minimum Gasteiger partial charge on any atom is -0.368 e. The quantitative estimate of drug-likeness (QED) is 0.674. The largest absolute Gasteiger partial charge is 0.368 e. The molecule has 0 spiro atoms. The minimum absolute atomic E-state index is 0.0790. The smallest absolute Gasteiger partial charge is 0.256 e. The molecule has 0 atom stereocenters. The molecule has 0 radical (unpaired) electrons. The molecule has 0 aromatic heterocycles. The van der Waals surface area contributed by atoms with Gasteiger partial charge in [-0.25, -0.2) is 0 Å². The van der Waals surface area contributed by atoms with Gasteiger partial charge in [0, 0.05) is 42.5 Å². The second-order valence-electron chi connectivity index (χ2n) is 7.12. The van der Waals surface area contributed by atoms with Gasteiger partial charge in [-0.15, -0.1) is 0 Å². The molecule has 1 fully saturated rings. The SMILES string of the molecule is O=C(Nc1ccccc1C(=O)N1CCN(c2cccc(Cl)c2)CC1)c1ccccc1. The van der Waals surface area contributed by atoms with Gasteiger partial charge in [0.25, 0.3) is 11.8 Å². The van der Waals surface area contributed by atoms with Gasteiger partial charge in [-0.1, -0.05) is 48.0 Å². The maximum atomic E-state index is 13.2. The highest BCUT2D eigenvalue weighted by atomic mass is 35.5. The Labute approximate surface area is 180 Å². The lowest BCUT2D eigenvalue weighted by atomic mass is 10.1. The summed E-state index contributed by atoms with van der Waals surface area (Å²) in [5.41, 5.74) is 2.63. The van der Waals surface area contributed by atoms with Gasteiger partial charge in [-0.2, -0.15) is 0 Å². The zero-order chi connectivity index (χ0) is 20.9. The van der Waals surface area contributed by atoms with Gasteiger partial charge < -0.3 is 15.1 Å². The second kappa shape index (κ2) is 9.01. The van der Waals surface area contributed by atoms with Crippen molar-refractivity contribution in [1.29, 1.82) is 0 Å². The van der Waals surface area contributed by atoms with Crippen LogP contribution in [0.4, 0.5) is 11.4 Å². The summed E-state index contributed by atoms with van der Waals surface area (Å²) in [6.07, 6.45) is 0. The third kappa shape index (κ3) is 4.47. The number of hydrogen-bond acceptors (Lipinski definition) is 3. The number of halogens is 1. The monoisotopic (exact) mass is 419 g/mol. The number of hydrogen-bond donors (Lipinski definition) is 1. The first kappa shape index (κ1) is 20.0. The van der Waals surface area contributed by atoms with E-state index < -0.39 is 0 Å². The first-order chi connectivity index (χ1) is 14.6. The average Bonchev–Trinajstić information content (AvgIpc) is 2.80. The Kier molecular flexibility index (Phi) is 6.00. The number of nitrogens with one attached hydrogen (secondary N) is 1. The normalized spacial score (nSPS) is 13.8. The van der Waals surface area contributed by atoms with E-state index in [1.165, 1.54) is 0 Å². The summed E-state index contributed by atoms with van der Waals surface area (Å²) in [5.74, 6) is -0.314. The van der Waals surface area contributed by atoms with E-state index in [4.69, 9.17) is 11.6 Å². The number of amides is 2. The molecule has 0 aliphatic carbocycles. The van der Waals surface area contributed by atoms with Crippen LogP contribution in [0, 0.1) is 0 Å². The number of anilines is 2. The Morgan fingerprint density at radius 1 is 0.800 bits per heavy atom. The lowest BCUT2D eigenvalue weighted by molar-refractivity contribution is 0.0748. The van der Waals surface area contributed by atoms with Crippen LogP contribution in [0.5, 0.6) is 0 Å². The predicted octanol–water partition coefficient (Wildman–Crippen LogP) is 4.55. The van der Waals surface area contributed by atoms with E-state index in [0.29, 0.717) is 34.9 Å². The fraction of sp³-hybridized carbons (Fsp3) is 0.167. The van der Waals surface area contributed by atoms with E-state index in [9.17, 15) is 9.59 Å². The van der Waals surface area contributed by atoms with Crippen molar-refractivity contribution in [3.05, 3.63) is 95.0 Å². The summed E-state index contributed by atoms with van der Waals surface area (Å²) in [4.78, 5) is 29.8. The van der Waals surface area contributed by atoms with Crippen molar-refractivity contribution in [1.82, 2.24) is 4.90 Å². The second-order valence-corrected chi connectivity index (χ2v) is 7.56. The highest BCUT2D eigenvalue weighted by Gasteiger charge is 2.24. The zero-order valence-corrected chi connectivity index (χ0v) is 17.2. The van der Waals surface area contributed by atoms with Crippen LogP contribution in [0.3, 0.4) is 0 Å². The van der Waals surface area contributed by atoms with Gasteiger partial charge in [-0.3, -0.25) is 9.59 Å². The standard InChI is InChI=1S/C24H22ClN3O2/c25-19-9-6-10-20(17-19)27-13-15-28(16-14-27)24(30)21-11-4-5-12-22(21)26-23(29)18-7-2-1-3-8-18/h1-12,17H,13-16H2,(H,26,29). The molecule has 0 bridgehead atoms. The van der Waals surface area contributed by atoms with Gasteiger partial charge in [0.15, 0.2) is 0 Å². The number of para-hydroxylation sites is 1. The molecule has 152 valence electrons. The lowest BCUT2D eigenvalue weighted by Crippen LogP contribution is -2.49. The van der Waals surface area contributed by atoms with Gasteiger partial charge >= 0.3 is 0 Å². The molecule has 1 aliphatic rings. The number of piperazine rings is 1. The Morgan fingerprint density at radius 2 is 1.50 bits per heavy atom. The Hall–Kier alpha value is -3.31. The number of rotatable bonds is 4. The lowest BCUT2D eigenvalue weighted by Gasteiger charge is -2.36. The Balaban J connectivity index is 1.45. The maximum Gasteiger partial charge on any atom is 0.256 e. The van der Waals surface area contributed by atoms with Gasteiger partial charge in [-0.05, 0) is 42.5 Å². The maximum absolute atomic E-state index is 13.2. The first-order valence-electron chi connectivity index (χ1n) is 9.87. The summed E-state index contributed by atoms with van der Waals surface area (Å²) < 4.78 is 0. The molecule has 6 heteroatoms. The summed E-state index contributed by atoms with van der Waals surface area (Å²) in [5, 5.41) is 3.58. The van der Waals surface area contributed by atoms with Crippen molar-refractivity contribution in [3.8, 4) is 0 Å². The van der Waals surface area contributed by atoms with Gasteiger partial charge in [0.1, 0.15) is 0 Å². The molecule has 3 aromatic carbocycles. The third-order valence-electron chi connectivity index (χ3n) is 5.18. The van der Waals surface area contributed by atoms with E-state index in [2.05, 4.69) is 10.2 Å². The molecule has 0 saturated carbocycles. The molecule has 1 aliphatic heterocycles. The molecule has 3 aromatic rings. The van der Waals surface area contributed by atoms with Crippen LogP contribution in [0.15, 0.2) is 78.9 Å². The average molecular weight is 420 g/mol. The van der Waals surface area contributed by atoms with Gasteiger partial charge in [0.05, 0.1) is 11.3 Å². The fourth-order valence-corrected chi connectivity index (χ4v) is 3.76. The highest BCUT2D eigenvalue weighted by molar-refractivity contribution is 6.30. The summed E-state index contributed by atoms with van der Waals surface area (Å²) in [6, 6.07) is 23.9. The Bertz CT molecular complexity index is 1050. The van der Waals surface area contributed by atoms with Crippen LogP contribution >= 0.6 is 11.6 Å². The number of benzene rings is 3. The molecule has 1 N–H and O–H groups in total. The van der Waals surface area contributed by atoms with E-state index in [-0.39, 0.29) is 11.8 Å². The van der Waals surface area contributed by atoms with Crippen LogP contribution in [-0.2, 0) is 0 Å². The molecule has 5 nitrogen and oxygen atoms in total. The molecule has 2 amide bonds. The van der Waals surface area contributed by atoms with E-state index in [0.717, 1.165) is 18.8 Å². The van der Waals surface area contributed by atoms with Gasteiger partial charge in [0.2, 0.25) is 0 Å².